The van der Waals surface area contributed by atoms with Crippen LogP contribution in [0.4, 0.5) is 0 Å². The van der Waals surface area contributed by atoms with Crippen LogP contribution in [-0.4, -0.2) is 43.6 Å². The largest absolute Gasteiger partial charge is 0.497 e. The van der Waals surface area contributed by atoms with E-state index in [9.17, 15) is 4.79 Å². The molecule has 0 saturated carbocycles. The minimum atomic E-state index is 0.155. The number of carbonyl (C=O) groups excluding carboxylic acids is 1. The number of rotatable bonds is 7. The molecular formula is C19H30N2O2. The zero-order valence-electron chi connectivity index (χ0n) is 14.7. The Kier molecular flexibility index (Phi) is 6.90. The van der Waals surface area contributed by atoms with Crippen LogP contribution in [0.2, 0.25) is 0 Å². The molecule has 0 bridgehead atoms. The normalized spacial score (nSPS) is 18.9. The molecule has 1 aromatic carbocycles. The van der Waals surface area contributed by atoms with Gasteiger partial charge >= 0.3 is 0 Å². The van der Waals surface area contributed by atoms with Crippen molar-refractivity contribution in [2.45, 2.75) is 45.6 Å². The van der Waals surface area contributed by atoms with E-state index < -0.39 is 0 Å². The van der Waals surface area contributed by atoms with Crippen LogP contribution in [0.5, 0.6) is 5.75 Å². The highest BCUT2D eigenvalue weighted by molar-refractivity contribution is 5.76. The van der Waals surface area contributed by atoms with Crippen molar-refractivity contribution in [2.24, 2.45) is 5.92 Å². The van der Waals surface area contributed by atoms with Crippen LogP contribution >= 0.6 is 0 Å². The molecule has 1 saturated heterocycles. The highest BCUT2D eigenvalue weighted by Crippen LogP contribution is 2.18. The summed E-state index contributed by atoms with van der Waals surface area (Å²) in [6.07, 6.45) is 3.79. The van der Waals surface area contributed by atoms with Crippen molar-refractivity contribution in [3.05, 3.63) is 29.8 Å². The Hall–Kier alpha value is -1.55. The van der Waals surface area contributed by atoms with Crippen molar-refractivity contribution < 1.29 is 9.53 Å². The molecule has 1 aromatic rings. The number of benzene rings is 1. The van der Waals surface area contributed by atoms with Crippen LogP contribution in [0.3, 0.4) is 0 Å². The van der Waals surface area contributed by atoms with E-state index in [1.165, 1.54) is 24.9 Å². The van der Waals surface area contributed by atoms with Gasteiger partial charge in [0.1, 0.15) is 5.75 Å². The SMILES string of the molecule is COc1ccc(CCC(=O)NC[C@@H]2CCCN(C(C)C)C2)cc1. The molecule has 1 atom stereocenters. The molecular weight excluding hydrogens is 288 g/mol. The van der Waals surface area contributed by atoms with E-state index in [2.05, 4.69) is 24.1 Å². The van der Waals surface area contributed by atoms with Crippen molar-refractivity contribution in [3.8, 4) is 5.75 Å². The summed E-state index contributed by atoms with van der Waals surface area (Å²) in [4.78, 5) is 14.6. The standard InChI is InChI=1S/C19H30N2O2/c1-15(2)21-12-4-5-17(14-21)13-20-19(22)11-8-16-6-9-18(23-3)10-7-16/h6-7,9-10,15,17H,4-5,8,11-14H2,1-3H3,(H,20,22)/t17-/m0/s1. The van der Waals surface area contributed by atoms with Gasteiger partial charge in [-0.2, -0.15) is 0 Å². The number of nitrogens with one attached hydrogen (secondary N) is 1. The Balaban J connectivity index is 1.68. The van der Waals surface area contributed by atoms with E-state index in [0.29, 0.717) is 18.4 Å². The van der Waals surface area contributed by atoms with Crippen molar-refractivity contribution in [2.75, 3.05) is 26.7 Å². The Labute approximate surface area is 140 Å². The third kappa shape index (κ3) is 5.87. The van der Waals surface area contributed by atoms with Crippen molar-refractivity contribution in [1.29, 1.82) is 0 Å². The summed E-state index contributed by atoms with van der Waals surface area (Å²) in [7, 11) is 1.66. The van der Waals surface area contributed by atoms with Gasteiger partial charge in [0, 0.05) is 25.6 Å². The van der Waals surface area contributed by atoms with Crippen molar-refractivity contribution in [3.63, 3.8) is 0 Å². The summed E-state index contributed by atoms with van der Waals surface area (Å²) < 4.78 is 5.14. The lowest BCUT2D eigenvalue weighted by Crippen LogP contribution is -2.43. The van der Waals surface area contributed by atoms with Gasteiger partial charge in [-0.15, -0.1) is 0 Å². The van der Waals surface area contributed by atoms with Gasteiger partial charge in [-0.05, 0) is 63.3 Å². The average molecular weight is 318 g/mol. The number of methoxy groups -OCH3 is 1. The molecule has 4 nitrogen and oxygen atoms in total. The second kappa shape index (κ2) is 8.92. The van der Waals surface area contributed by atoms with Crippen LogP contribution < -0.4 is 10.1 Å². The third-order valence-electron chi connectivity index (χ3n) is 4.67. The second-order valence-electron chi connectivity index (χ2n) is 6.75. The number of piperidine rings is 1. The molecule has 1 aliphatic rings. The lowest BCUT2D eigenvalue weighted by molar-refractivity contribution is -0.121. The number of amides is 1. The fourth-order valence-electron chi connectivity index (χ4n) is 3.13. The smallest absolute Gasteiger partial charge is 0.220 e. The van der Waals surface area contributed by atoms with E-state index in [-0.39, 0.29) is 5.91 Å². The minimum Gasteiger partial charge on any atom is -0.497 e. The zero-order chi connectivity index (χ0) is 16.7. The van der Waals surface area contributed by atoms with Crippen LogP contribution in [0.25, 0.3) is 0 Å². The Bertz CT molecular complexity index is 485. The molecule has 0 aromatic heterocycles. The molecule has 1 fully saturated rings. The quantitative estimate of drug-likeness (QED) is 0.840. The first-order chi connectivity index (χ1) is 11.1. The first-order valence-electron chi connectivity index (χ1n) is 8.72. The van der Waals surface area contributed by atoms with Crippen LogP contribution in [0.15, 0.2) is 24.3 Å². The average Bonchev–Trinajstić information content (AvgIpc) is 2.58. The number of aryl methyl sites for hydroxylation is 1. The molecule has 128 valence electrons. The topological polar surface area (TPSA) is 41.6 Å². The van der Waals surface area contributed by atoms with Gasteiger partial charge < -0.3 is 15.0 Å². The highest BCUT2D eigenvalue weighted by Gasteiger charge is 2.21. The Morgan fingerprint density at radius 3 is 2.74 bits per heavy atom. The summed E-state index contributed by atoms with van der Waals surface area (Å²) in [5, 5.41) is 3.11. The second-order valence-corrected chi connectivity index (χ2v) is 6.75. The number of nitrogens with zero attached hydrogens (tertiary/aromatic N) is 1. The van der Waals surface area contributed by atoms with Gasteiger partial charge in [0.15, 0.2) is 0 Å². The maximum atomic E-state index is 12.0. The molecule has 0 radical (unpaired) electrons. The molecule has 2 rings (SSSR count). The number of ether oxygens (including phenoxy) is 1. The van der Waals surface area contributed by atoms with E-state index in [1.807, 2.05) is 24.3 Å². The predicted molar refractivity (Wildman–Crippen MR) is 93.8 cm³/mol. The third-order valence-corrected chi connectivity index (χ3v) is 4.67. The van der Waals surface area contributed by atoms with Gasteiger partial charge in [0.05, 0.1) is 7.11 Å². The lowest BCUT2D eigenvalue weighted by Gasteiger charge is -2.35. The van der Waals surface area contributed by atoms with E-state index in [4.69, 9.17) is 4.74 Å². The lowest BCUT2D eigenvalue weighted by atomic mass is 9.97. The molecule has 1 aliphatic heterocycles. The van der Waals surface area contributed by atoms with Crippen LogP contribution in [0.1, 0.15) is 38.7 Å². The van der Waals surface area contributed by atoms with Crippen molar-refractivity contribution in [1.82, 2.24) is 10.2 Å². The molecule has 4 heteroatoms. The first kappa shape index (κ1) is 17.8. The molecule has 1 heterocycles. The fraction of sp³-hybridized carbons (Fsp3) is 0.632. The minimum absolute atomic E-state index is 0.155. The maximum Gasteiger partial charge on any atom is 0.220 e. The number of hydrogen-bond donors (Lipinski definition) is 1. The first-order valence-corrected chi connectivity index (χ1v) is 8.72. The molecule has 23 heavy (non-hydrogen) atoms. The van der Waals surface area contributed by atoms with E-state index >= 15 is 0 Å². The van der Waals surface area contributed by atoms with Crippen LogP contribution in [0, 0.1) is 5.92 Å². The van der Waals surface area contributed by atoms with Gasteiger partial charge in [-0.25, -0.2) is 0 Å². The summed E-state index contributed by atoms with van der Waals surface area (Å²) in [6.45, 7) is 7.60. The fourth-order valence-corrected chi connectivity index (χ4v) is 3.13. The van der Waals surface area contributed by atoms with Crippen LogP contribution in [-0.2, 0) is 11.2 Å². The molecule has 0 aliphatic carbocycles. The number of carbonyl (C=O) groups is 1. The van der Waals surface area contributed by atoms with Crippen molar-refractivity contribution >= 4 is 5.91 Å². The van der Waals surface area contributed by atoms with Gasteiger partial charge in [0.2, 0.25) is 5.91 Å². The molecule has 0 unspecified atom stereocenters. The van der Waals surface area contributed by atoms with E-state index in [1.54, 1.807) is 7.11 Å². The molecule has 1 N–H and O–H groups in total. The highest BCUT2D eigenvalue weighted by atomic mass is 16.5. The predicted octanol–water partition coefficient (Wildman–Crippen LogP) is 2.86. The number of likely N-dealkylation sites (tertiary alicyclic amines) is 1. The zero-order valence-corrected chi connectivity index (χ0v) is 14.7. The molecule has 0 spiro atoms. The summed E-state index contributed by atoms with van der Waals surface area (Å²) in [6, 6.07) is 8.52. The van der Waals surface area contributed by atoms with Gasteiger partial charge in [-0.3, -0.25) is 4.79 Å². The monoisotopic (exact) mass is 318 g/mol. The van der Waals surface area contributed by atoms with Gasteiger partial charge in [0.25, 0.3) is 0 Å². The summed E-state index contributed by atoms with van der Waals surface area (Å²) in [5.41, 5.74) is 1.17. The molecule has 1 amide bonds. The van der Waals surface area contributed by atoms with Gasteiger partial charge in [-0.1, -0.05) is 12.1 Å². The Morgan fingerprint density at radius 1 is 1.35 bits per heavy atom. The Morgan fingerprint density at radius 2 is 2.09 bits per heavy atom. The number of hydrogen-bond acceptors (Lipinski definition) is 3. The summed E-state index contributed by atoms with van der Waals surface area (Å²) >= 11 is 0. The van der Waals surface area contributed by atoms with E-state index in [0.717, 1.165) is 25.3 Å². The summed E-state index contributed by atoms with van der Waals surface area (Å²) in [5.74, 6) is 1.60. The maximum absolute atomic E-state index is 12.0.